The molecule has 0 aliphatic carbocycles. The molecule has 4 heteroatoms. The molecule has 0 atom stereocenters. The Balaban J connectivity index is 2.40. The molecule has 0 fully saturated rings. The molecule has 1 aromatic heterocycles. The van der Waals surface area contributed by atoms with Crippen LogP contribution in [-0.2, 0) is 4.74 Å². The first kappa shape index (κ1) is 10.7. The predicted octanol–water partition coefficient (Wildman–Crippen LogP) is 3.01. The van der Waals surface area contributed by atoms with Crippen molar-refractivity contribution < 1.29 is 9.53 Å². The molecule has 1 rings (SSSR count). The molecule has 1 aromatic rings. The summed E-state index contributed by atoms with van der Waals surface area (Å²) in [5, 5.41) is 0. The quantitative estimate of drug-likeness (QED) is 0.561. The van der Waals surface area contributed by atoms with Crippen LogP contribution in [0.2, 0.25) is 4.34 Å². The number of ether oxygens (including phenoxy) is 1. The van der Waals surface area contributed by atoms with Gasteiger partial charge in [-0.25, -0.2) is 0 Å². The summed E-state index contributed by atoms with van der Waals surface area (Å²) < 4.78 is 5.74. The molecule has 0 saturated carbocycles. The molecule has 13 heavy (non-hydrogen) atoms. The Morgan fingerprint density at radius 2 is 2.38 bits per heavy atom. The van der Waals surface area contributed by atoms with Gasteiger partial charge in [0.25, 0.3) is 0 Å². The van der Waals surface area contributed by atoms with E-state index in [1.54, 1.807) is 12.1 Å². The average Bonchev–Trinajstić information content (AvgIpc) is 2.52. The number of hydrogen-bond donors (Lipinski definition) is 0. The Hall–Kier alpha value is -0.380. The topological polar surface area (TPSA) is 26.3 Å². The van der Waals surface area contributed by atoms with Gasteiger partial charge in [0.2, 0.25) is 0 Å². The minimum Gasteiger partial charge on any atom is -0.381 e. The molecule has 0 saturated heterocycles. The smallest absolute Gasteiger partial charge is 0.175 e. The number of ketones is 1. The molecule has 72 valence electrons. The fourth-order valence-corrected chi connectivity index (χ4v) is 1.91. The van der Waals surface area contributed by atoms with E-state index in [9.17, 15) is 4.79 Å². The Morgan fingerprint density at radius 3 is 2.92 bits per heavy atom. The first-order valence-corrected chi connectivity index (χ1v) is 5.29. The van der Waals surface area contributed by atoms with E-state index in [0.717, 1.165) is 0 Å². The highest BCUT2D eigenvalue weighted by Crippen LogP contribution is 2.22. The number of rotatable bonds is 5. The molecule has 0 aromatic carbocycles. The van der Waals surface area contributed by atoms with Gasteiger partial charge in [0, 0.05) is 13.0 Å². The summed E-state index contributed by atoms with van der Waals surface area (Å²) in [7, 11) is 0. The monoisotopic (exact) mass is 218 g/mol. The van der Waals surface area contributed by atoms with Crippen molar-refractivity contribution in [1.82, 2.24) is 0 Å². The van der Waals surface area contributed by atoms with Crippen LogP contribution in [0, 0.1) is 0 Å². The van der Waals surface area contributed by atoms with Crippen LogP contribution in [0.3, 0.4) is 0 Å². The Kier molecular flexibility index (Phi) is 4.42. The zero-order chi connectivity index (χ0) is 9.68. The largest absolute Gasteiger partial charge is 0.381 e. The Bertz CT molecular complexity index is 283. The highest BCUT2D eigenvalue weighted by molar-refractivity contribution is 7.18. The highest BCUT2D eigenvalue weighted by Gasteiger charge is 2.07. The lowest BCUT2D eigenvalue weighted by molar-refractivity contribution is 0.0899. The van der Waals surface area contributed by atoms with Gasteiger partial charge >= 0.3 is 0 Å². The molecule has 0 N–H and O–H groups in total. The van der Waals surface area contributed by atoms with Gasteiger partial charge in [-0.2, -0.15) is 0 Å². The molecule has 0 spiro atoms. The van der Waals surface area contributed by atoms with Gasteiger partial charge in [-0.05, 0) is 19.1 Å². The Morgan fingerprint density at radius 1 is 1.62 bits per heavy atom. The summed E-state index contributed by atoms with van der Waals surface area (Å²) in [6.45, 7) is 3.05. The van der Waals surface area contributed by atoms with Crippen molar-refractivity contribution in [3.63, 3.8) is 0 Å². The number of carbonyl (C=O) groups excluding carboxylic acids is 1. The molecule has 0 unspecified atom stereocenters. The van der Waals surface area contributed by atoms with Crippen molar-refractivity contribution in [3.05, 3.63) is 21.3 Å². The summed E-state index contributed by atoms with van der Waals surface area (Å²) in [6, 6.07) is 3.49. The maximum atomic E-state index is 11.4. The first-order valence-electron chi connectivity index (χ1n) is 4.10. The van der Waals surface area contributed by atoms with E-state index in [2.05, 4.69) is 0 Å². The SMILES string of the molecule is CCOCCC(=O)c1ccc(Cl)s1. The number of hydrogen-bond acceptors (Lipinski definition) is 3. The van der Waals surface area contributed by atoms with Crippen molar-refractivity contribution >= 4 is 28.7 Å². The molecular formula is C9H11ClO2S. The van der Waals surface area contributed by atoms with Gasteiger partial charge in [-0.1, -0.05) is 11.6 Å². The van der Waals surface area contributed by atoms with E-state index < -0.39 is 0 Å². The lowest BCUT2D eigenvalue weighted by Crippen LogP contribution is -2.02. The van der Waals surface area contributed by atoms with E-state index in [1.807, 2.05) is 6.92 Å². The van der Waals surface area contributed by atoms with Crippen LogP contribution in [0.4, 0.5) is 0 Å². The number of carbonyl (C=O) groups is 1. The third kappa shape index (κ3) is 3.46. The molecule has 0 aliphatic heterocycles. The zero-order valence-electron chi connectivity index (χ0n) is 7.38. The fraction of sp³-hybridized carbons (Fsp3) is 0.444. The second kappa shape index (κ2) is 5.37. The molecule has 0 aliphatic rings. The zero-order valence-corrected chi connectivity index (χ0v) is 8.95. The van der Waals surface area contributed by atoms with Gasteiger partial charge in [0.1, 0.15) is 0 Å². The van der Waals surface area contributed by atoms with E-state index in [-0.39, 0.29) is 5.78 Å². The summed E-state index contributed by atoms with van der Waals surface area (Å²) in [6.07, 6.45) is 0.435. The van der Waals surface area contributed by atoms with Crippen LogP contribution >= 0.6 is 22.9 Å². The van der Waals surface area contributed by atoms with E-state index in [0.29, 0.717) is 28.8 Å². The summed E-state index contributed by atoms with van der Waals surface area (Å²) in [5.41, 5.74) is 0. The maximum Gasteiger partial charge on any atom is 0.175 e. The summed E-state index contributed by atoms with van der Waals surface area (Å²) in [4.78, 5) is 12.1. The molecule has 1 heterocycles. The summed E-state index contributed by atoms with van der Waals surface area (Å²) in [5.74, 6) is 0.102. The van der Waals surface area contributed by atoms with Crippen molar-refractivity contribution in [2.45, 2.75) is 13.3 Å². The molecular weight excluding hydrogens is 208 g/mol. The number of halogens is 1. The van der Waals surface area contributed by atoms with Crippen molar-refractivity contribution in [2.75, 3.05) is 13.2 Å². The predicted molar refractivity (Wildman–Crippen MR) is 54.8 cm³/mol. The standard InChI is InChI=1S/C9H11ClO2S/c1-2-12-6-5-7(11)8-3-4-9(10)13-8/h3-4H,2,5-6H2,1H3. The van der Waals surface area contributed by atoms with Crippen molar-refractivity contribution in [2.24, 2.45) is 0 Å². The van der Waals surface area contributed by atoms with Gasteiger partial charge in [0.05, 0.1) is 15.8 Å². The highest BCUT2D eigenvalue weighted by atomic mass is 35.5. The lowest BCUT2D eigenvalue weighted by atomic mass is 10.2. The van der Waals surface area contributed by atoms with Gasteiger partial charge < -0.3 is 4.74 Å². The van der Waals surface area contributed by atoms with Crippen LogP contribution < -0.4 is 0 Å². The molecule has 2 nitrogen and oxygen atoms in total. The minimum absolute atomic E-state index is 0.102. The maximum absolute atomic E-state index is 11.4. The van der Waals surface area contributed by atoms with Crippen molar-refractivity contribution in [1.29, 1.82) is 0 Å². The molecule has 0 radical (unpaired) electrons. The first-order chi connectivity index (χ1) is 6.24. The van der Waals surface area contributed by atoms with Crippen LogP contribution in [-0.4, -0.2) is 19.0 Å². The second-order valence-electron chi connectivity index (χ2n) is 2.47. The van der Waals surface area contributed by atoms with E-state index in [1.165, 1.54) is 11.3 Å². The lowest BCUT2D eigenvalue weighted by Gasteiger charge is -1.98. The number of Topliss-reactive ketones (excluding diaryl/α,β-unsaturated/α-hetero) is 1. The van der Waals surface area contributed by atoms with Gasteiger partial charge in [-0.15, -0.1) is 11.3 Å². The number of thiophene rings is 1. The van der Waals surface area contributed by atoms with E-state index in [4.69, 9.17) is 16.3 Å². The van der Waals surface area contributed by atoms with Crippen LogP contribution in [0.25, 0.3) is 0 Å². The van der Waals surface area contributed by atoms with Crippen molar-refractivity contribution in [3.8, 4) is 0 Å². The third-order valence-electron chi connectivity index (χ3n) is 1.53. The summed E-state index contributed by atoms with van der Waals surface area (Å²) >= 11 is 7.02. The minimum atomic E-state index is 0.102. The van der Waals surface area contributed by atoms with Gasteiger partial charge in [-0.3, -0.25) is 4.79 Å². The van der Waals surface area contributed by atoms with Crippen LogP contribution in [0.1, 0.15) is 23.0 Å². The Labute approximate surface area is 86.5 Å². The van der Waals surface area contributed by atoms with Gasteiger partial charge in [0.15, 0.2) is 5.78 Å². The molecule has 0 bridgehead atoms. The third-order valence-corrected chi connectivity index (χ3v) is 2.80. The fourth-order valence-electron chi connectivity index (χ4n) is 0.897. The average molecular weight is 219 g/mol. The van der Waals surface area contributed by atoms with E-state index >= 15 is 0 Å². The molecule has 0 amide bonds. The normalized spacial score (nSPS) is 10.3. The van der Waals surface area contributed by atoms with Crippen LogP contribution in [0.5, 0.6) is 0 Å². The van der Waals surface area contributed by atoms with Crippen LogP contribution in [0.15, 0.2) is 12.1 Å². The second-order valence-corrected chi connectivity index (χ2v) is 4.19.